The van der Waals surface area contributed by atoms with Crippen LogP contribution in [0.4, 0.5) is 4.79 Å². The van der Waals surface area contributed by atoms with Gasteiger partial charge in [0.2, 0.25) is 0 Å². The molecule has 7 nitrogen and oxygen atoms in total. The zero-order chi connectivity index (χ0) is 19.6. The highest BCUT2D eigenvalue weighted by Crippen LogP contribution is 2.41. The number of nitriles is 1. The molecule has 0 aliphatic carbocycles. The maximum atomic E-state index is 12.7. The first-order valence-corrected chi connectivity index (χ1v) is 9.25. The van der Waals surface area contributed by atoms with Crippen LogP contribution in [0.3, 0.4) is 0 Å². The van der Waals surface area contributed by atoms with Gasteiger partial charge in [-0.1, -0.05) is 36.4 Å². The average molecular weight is 379 g/mol. The van der Waals surface area contributed by atoms with Crippen LogP contribution in [0.25, 0.3) is 0 Å². The number of carbonyl (C=O) groups excluding carboxylic acids is 1. The van der Waals surface area contributed by atoms with Gasteiger partial charge in [-0.3, -0.25) is 4.90 Å². The Morgan fingerprint density at radius 1 is 1.25 bits per heavy atom. The van der Waals surface area contributed by atoms with E-state index in [0.29, 0.717) is 37.3 Å². The van der Waals surface area contributed by atoms with Gasteiger partial charge in [0, 0.05) is 24.6 Å². The van der Waals surface area contributed by atoms with Gasteiger partial charge in [-0.05, 0) is 11.6 Å². The van der Waals surface area contributed by atoms with E-state index in [2.05, 4.69) is 4.98 Å². The SMILES string of the molecule is N#Cc1ccc(C2(O)CC3COCC(C2)N3C(=O)OCc2ccccc2)cn1. The van der Waals surface area contributed by atoms with E-state index in [1.54, 1.807) is 23.2 Å². The summed E-state index contributed by atoms with van der Waals surface area (Å²) in [5.74, 6) is 0. The third kappa shape index (κ3) is 3.57. The van der Waals surface area contributed by atoms with Crippen molar-refractivity contribution >= 4 is 6.09 Å². The number of hydrogen-bond donors (Lipinski definition) is 1. The maximum Gasteiger partial charge on any atom is 0.410 e. The van der Waals surface area contributed by atoms with Crippen LogP contribution in [0.15, 0.2) is 48.7 Å². The normalized spacial score (nSPS) is 26.4. The van der Waals surface area contributed by atoms with Gasteiger partial charge in [-0.15, -0.1) is 0 Å². The first-order valence-electron chi connectivity index (χ1n) is 9.25. The van der Waals surface area contributed by atoms with Gasteiger partial charge >= 0.3 is 6.09 Å². The Labute approximate surface area is 163 Å². The third-order valence-corrected chi connectivity index (χ3v) is 5.39. The number of aliphatic hydroxyl groups is 1. The summed E-state index contributed by atoms with van der Waals surface area (Å²) < 4.78 is 11.1. The Kier molecular flexibility index (Phi) is 4.99. The summed E-state index contributed by atoms with van der Waals surface area (Å²) in [6.07, 6.45) is 1.82. The van der Waals surface area contributed by atoms with Gasteiger partial charge in [-0.2, -0.15) is 5.26 Å². The van der Waals surface area contributed by atoms with E-state index in [0.717, 1.165) is 5.56 Å². The predicted molar refractivity (Wildman–Crippen MR) is 98.9 cm³/mol. The summed E-state index contributed by atoms with van der Waals surface area (Å²) >= 11 is 0. The van der Waals surface area contributed by atoms with Crippen molar-refractivity contribution in [3.63, 3.8) is 0 Å². The Morgan fingerprint density at radius 3 is 2.57 bits per heavy atom. The fourth-order valence-electron chi connectivity index (χ4n) is 4.04. The fraction of sp³-hybridized carbons (Fsp3) is 0.381. The molecule has 2 fully saturated rings. The highest BCUT2D eigenvalue weighted by molar-refractivity contribution is 5.69. The Hall–Kier alpha value is -2.95. The number of pyridine rings is 1. The summed E-state index contributed by atoms with van der Waals surface area (Å²) in [6.45, 7) is 0.909. The van der Waals surface area contributed by atoms with Crippen molar-refractivity contribution in [2.24, 2.45) is 0 Å². The van der Waals surface area contributed by atoms with Gasteiger partial charge in [-0.25, -0.2) is 9.78 Å². The molecule has 2 atom stereocenters. The summed E-state index contributed by atoms with van der Waals surface area (Å²) in [4.78, 5) is 18.5. The quantitative estimate of drug-likeness (QED) is 0.879. The molecule has 2 aliphatic rings. The fourth-order valence-corrected chi connectivity index (χ4v) is 4.04. The monoisotopic (exact) mass is 379 g/mol. The first kappa shape index (κ1) is 18.4. The molecule has 1 aromatic carbocycles. The van der Waals surface area contributed by atoms with Crippen molar-refractivity contribution in [1.82, 2.24) is 9.88 Å². The number of ether oxygens (including phenoxy) is 2. The number of morpholine rings is 1. The molecular formula is C21H21N3O4. The minimum atomic E-state index is -1.11. The van der Waals surface area contributed by atoms with E-state index in [1.807, 2.05) is 36.4 Å². The number of piperidine rings is 1. The number of amides is 1. The molecule has 4 rings (SSSR count). The van der Waals surface area contributed by atoms with Crippen molar-refractivity contribution < 1.29 is 19.4 Å². The lowest BCUT2D eigenvalue weighted by atomic mass is 9.77. The third-order valence-electron chi connectivity index (χ3n) is 5.39. The molecule has 28 heavy (non-hydrogen) atoms. The highest BCUT2D eigenvalue weighted by Gasteiger charge is 2.49. The van der Waals surface area contributed by atoms with Crippen LogP contribution in [0.1, 0.15) is 29.7 Å². The van der Waals surface area contributed by atoms with Crippen LogP contribution in [-0.4, -0.2) is 46.4 Å². The molecule has 2 saturated heterocycles. The van der Waals surface area contributed by atoms with E-state index in [4.69, 9.17) is 14.7 Å². The molecule has 3 heterocycles. The minimum Gasteiger partial charge on any atom is -0.445 e. The highest BCUT2D eigenvalue weighted by atomic mass is 16.6. The average Bonchev–Trinajstić information content (AvgIpc) is 2.72. The smallest absolute Gasteiger partial charge is 0.410 e. The molecule has 0 radical (unpaired) electrons. The van der Waals surface area contributed by atoms with Crippen LogP contribution < -0.4 is 0 Å². The second-order valence-corrected chi connectivity index (χ2v) is 7.28. The van der Waals surface area contributed by atoms with Gasteiger partial charge in [0.15, 0.2) is 0 Å². The standard InChI is InChI=1S/C21H21N3O4/c22-10-17-7-6-16(11-23-17)21(26)8-18-13-27-14-19(9-21)24(18)20(25)28-12-15-4-2-1-3-5-15/h1-7,11,18-19,26H,8-9,12-14H2. The summed E-state index contributed by atoms with van der Waals surface area (Å²) in [5.41, 5.74) is 0.768. The number of fused-ring (bicyclic) bond motifs is 2. The molecule has 0 saturated carbocycles. The van der Waals surface area contributed by atoms with E-state index in [-0.39, 0.29) is 24.8 Å². The lowest BCUT2D eigenvalue weighted by Crippen LogP contribution is -2.62. The summed E-state index contributed by atoms with van der Waals surface area (Å²) in [6, 6.07) is 14.3. The van der Waals surface area contributed by atoms with E-state index in [9.17, 15) is 9.90 Å². The number of benzene rings is 1. The van der Waals surface area contributed by atoms with Gasteiger partial charge in [0.05, 0.1) is 30.9 Å². The molecule has 1 aromatic heterocycles. The predicted octanol–water partition coefficient (Wildman–Crippen LogP) is 2.34. The van der Waals surface area contributed by atoms with Crippen LogP contribution in [0.2, 0.25) is 0 Å². The second-order valence-electron chi connectivity index (χ2n) is 7.28. The molecule has 0 spiro atoms. The Balaban J connectivity index is 1.48. The molecule has 7 heteroatoms. The Bertz CT molecular complexity index is 865. The van der Waals surface area contributed by atoms with Crippen molar-refractivity contribution in [3.05, 3.63) is 65.5 Å². The Morgan fingerprint density at radius 2 is 1.96 bits per heavy atom. The summed E-state index contributed by atoms with van der Waals surface area (Å²) in [7, 11) is 0. The molecule has 144 valence electrons. The van der Waals surface area contributed by atoms with E-state index >= 15 is 0 Å². The van der Waals surface area contributed by atoms with Crippen molar-refractivity contribution in [2.75, 3.05) is 13.2 Å². The topological polar surface area (TPSA) is 95.7 Å². The molecule has 1 N–H and O–H groups in total. The number of hydrogen-bond acceptors (Lipinski definition) is 6. The number of aromatic nitrogens is 1. The maximum absolute atomic E-state index is 12.7. The largest absolute Gasteiger partial charge is 0.445 e. The van der Waals surface area contributed by atoms with Gasteiger partial charge in [0.1, 0.15) is 18.4 Å². The van der Waals surface area contributed by atoms with E-state index in [1.165, 1.54) is 0 Å². The number of carbonyl (C=O) groups is 1. The van der Waals surface area contributed by atoms with Crippen LogP contribution in [-0.2, 0) is 21.7 Å². The molecule has 1 amide bonds. The second kappa shape index (κ2) is 7.58. The minimum absolute atomic E-state index is 0.209. The zero-order valence-corrected chi connectivity index (χ0v) is 15.3. The lowest BCUT2D eigenvalue weighted by molar-refractivity contribution is -0.137. The number of rotatable bonds is 3. The molecule has 2 bridgehead atoms. The van der Waals surface area contributed by atoms with Gasteiger partial charge in [0.25, 0.3) is 0 Å². The summed E-state index contributed by atoms with van der Waals surface area (Å²) in [5, 5.41) is 20.2. The molecule has 2 aromatic rings. The first-order chi connectivity index (χ1) is 13.6. The van der Waals surface area contributed by atoms with Crippen molar-refractivity contribution in [3.8, 4) is 6.07 Å². The van der Waals surface area contributed by atoms with E-state index < -0.39 is 5.60 Å². The van der Waals surface area contributed by atoms with Crippen molar-refractivity contribution in [2.45, 2.75) is 37.1 Å². The molecular weight excluding hydrogens is 358 g/mol. The molecule has 2 aliphatic heterocycles. The van der Waals surface area contributed by atoms with Crippen molar-refractivity contribution in [1.29, 1.82) is 5.26 Å². The lowest BCUT2D eigenvalue weighted by Gasteiger charge is -2.50. The molecule has 2 unspecified atom stereocenters. The van der Waals surface area contributed by atoms with Crippen LogP contribution in [0.5, 0.6) is 0 Å². The van der Waals surface area contributed by atoms with Crippen LogP contribution in [0, 0.1) is 11.3 Å². The number of nitrogens with zero attached hydrogens (tertiary/aromatic N) is 3. The zero-order valence-electron chi connectivity index (χ0n) is 15.3. The van der Waals surface area contributed by atoms with Crippen LogP contribution >= 0.6 is 0 Å². The van der Waals surface area contributed by atoms with Gasteiger partial charge < -0.3 is 14.6 Å².